The fourth-order valence-electron chi connectivity index (χ4n) is 1.09. The highest BCUT2D eigenvalue weighted by Crippen LogP contribution is 2.17. The van der Waals surface area contributed by atoms with Gasteiger partial charge in [0.15, 0.2) is 0 Å². The quantitative estimate of drug-likeness (QED) is 0.845. The van der Waals surface area contributed by atoms with Crippen molar-refractivity contribution in [3.63, 3.8) is 0 Å². The van der Waals surface area contributed by atoms with E-state index in [4.69, 9.17) is 10.5 Å². The van der Waals surface area contributed by atoms with Crippen molar-refractivity contribution < 1.29 is 9.13 Å². The molecule has 0 amide bonds. The van der Waals surface area contributed by atoms with E-state index in [1.807, 2.05) is 19.1 Å². The van der Waals surface area contributed by atoms with Gasteiger partial charge < -0.3 is 10.5 Å². The summed E-state index contributed by atoms with van der Waals surface area (Å²) in [6.45, 7) is 1.96. The lowest BCUT2D eigenvalue weighted by molar-refractivity contribution is 0.339. The molecule has 0 aliphatic carbocycles. The van der Waals surface area contributed by atoms with E-state index in [1.54, 1.807) is 12.1 Å². The van der Waals surface area contributed by atoms with E-state index >= 15 is 0 Å². The molecule has 2 nitrogen and oxygen atoms in total. The molecule has 0 saturated carbocycles. The Balaban J connectivity index is 0.00000169. The molecule has 2 N–H and O–H groups in total. The molecule has 0 aliphatic rings. The monoisotopic (exact) mass is 219 g/mol. The first-order valence-electron chi connectivity index (χ1n) is 4.32. The van der Waals surface area contributed by atoms with Gasteiger partial charge in [-0.3, -0.25) is 0 Å². The van der Waals surface area contributed by atoms with Gasteiger partial charge in [0, 0.05) is 0 Å². The van der Waals surface area contributed by atoms with Crippen LogP contribution in [0.15, 0.2) is 24.3 Å². The highest BCUT2D eigenvalue weighted by atomic mass is 35.5. The molecule has 0 aromatic heterocycles. The Kier molecular flexibility index (Phi) is 6.25. The zero-order valence-corrected chi connectivity index (χ0v) is 8.89. The van der Waals surface area contributed by atoms with Crippen molar-refractivity contribution in [3.05, 3.63) is 29.8 Å². The van der Waals surface area contributed by atoms with Crippen LogP contribution >= 0.6 is 12.4 Å². The van der Waals surface area contributed by atoms with Gasteiger partial charge in [0.25, 0.3) is 0 Å². The van der Waals surface area contributed by atoms with Crippen LogP contribution in [-0.2, 0) is 0 Å². The van der Waals surface area contributed by atoms with Crippen LogP contribution < -0.4 is 10.5 Å². The van der Waals surface area contributed by atoms with Crippen LogP contribution in [0.2, 0.25) is 0 Å². The van der Waals surface area contributed by atoms with Crippen LogP contribution in [0.3, 0.4) is 0 Å². The maximum Gasteiger partial charge on any atom is 0.119 e. The first-order valence-corrected chi connectivity index (χ1v) is 4.32. The molecule has 1 aromatic rings. The van der Waals surface area contributed by atoms with Crippen molar-refractivity contribution in [1.29, 1.82) is 0 Å². The number of hydrogen-bond acceptors (Lipinski definition) is 2. The summed E-state index contributed by atoms with van der Waals surface area (Å²) in [7, 11) is 0. The van der Waals surface area contributed by atoms with Crippen molar-refractivity contribution in [2.24, 2.45) is 5.73 Å². The smallest absolute Gasteiger partial charge is 0.119 e. The van der Waals surface area contributed by atoms with Gasteiger partial charge in [-0.2, -0.15) is 0 Å². The molecule has 0 fully saturated rings. The molecule has 14 heavy (non-hydrogen) atoms. The fraction of sp³-hybridized carbons (Fsp3) is 0.400. The summed E-state index contributed by atoms with van der Waals surface area (Å²) in [6.07, 6.45) is 0. The Morgan fingerprint density at radius 3 is 2.79 bits per heavy atom. The largest absolute Gasteiger partial charge is 0.494 e. The van der Waals surface area contributed by atoms with Crippen LogP contribution in [0.1, 0.15) is 18.5 Å². The molecule has 0 saturated heterocycles. The zero-order valence-electron chi connectivity index (χ0n) is 8.07. The highest BCUT2D eigenvalue weighted by molar-refractivity contribution is 5.85. The van der Waals surface area contributed by atoms with Gasteiger partial charge in [0.2, 0.25) is 0 Å². The lowest BCUT2D eigenvalue weighted by Crippen LogP contribution is -2.12. The zero-order chi connectivity index (χ0) is 9.68. The van der Waals surface area contributed by atoms with Crippen LogP contribution in [-0.4, -0.2) is 13.3 Å². The third kappa shape index (κ3) is 3.52. The minimum absolute atomic E-state index is 0. The van der Waals surface area contributed by atoms with E-state index in [0.29, 0.717) is 6.61 Å². The number of benzene rings is 1. The molecular weight excluding hydrogens is 205 g/mol. The molecule has 0 aliphatic heterocycles. The summed E-state index contributed by atoms with van der Waals surface area (Å²) < 4.78 is 17.5. The second-order valence-corrected chi connectivity index (χ2v) is 2.77. The molecule has 0 radical (unpaired) electrons. The Morgan fingerprint density at radius 2 is 2.21 bits per heavy atom. The minimum atomic E-state index is -0.546. The third-order valence-electron chi connectivity index (χ3n) is 1.76. The van der Waals surface area contributed by atoms with Gasteiger partial charge in [-0.15, -0.1) is 12.4 Å². The number of alkyl halides is 1. The lowest BCUT2D eigenvalue weighted by atomic mass is 10.1. The van der Waals surface area contributed by atoms with Crippen molar-refractivity contribution in [2.75, 3.05) is 13.3 Å². The van der Waals surface area contributed by atoms with E-state index < -0.39 is 12.7 Å². The SMILES string of the molecule is CCOc1cccc([C@@H](N)CF)c1.Cl. The average Bonchev–Trinajstić information content (AvgIpc) is 2.18. The molecule has 1 atom stereocenters. The first kappa shape index (κ1) is 13.2. The summed E-state index contributed by atoms with van der Waals surface area (Å²) in [5.74, 6) is 0.740. The molecule has 4 heteroatoms. The van der Waals surface area contributed by atoms with Gasteiger partial charge >= 0.3 is 0 Å². The highest BCUT2D eigenvalue weighted by Gasteiger charge is 2.05. The predicted molar refractivity (Wildman–Crippen MR) is 57.8 cm³/mol. The fourth-order valence-corrected chi connectivity index (χ4v) is 1.09. The maximum absolute atomic E-state index is 12.2. The first-order chi connectivity index (χ1) is 6.27. The summed E-state index contributed by atoms with van der Waals surface area (Å²) in [5, 5.41) is 0. The third-order valence-corrected chi connectivity index (χ3v) is 1.76. The van der Waals surface area contributed by atoms with Crippen molar-refractivity contribution in [2.45, 2.75) is 13.0 Å². The van der Waals surface area contributed by atoms with Crippen LogP contribution in [0, 0.1) is 0 Å². The maximum atomic E-state index is 12.2. The van der Waals surface area contributed by atoms with Crippen molar-refractivity contribution >= 4 is 12.4 Å². The van der Waals surface area contributed by atoms with Gasteiger partial charge in [-0.25, -0.2) is 4.39 Å². The molecule has 0 spiro atoms. The molecular formula is C10H15ClFNO. The molecule has 1 aromatic carbocycles. The van der Waals surface area contributed by atoms with Crippen LogP contribution in [0.4, 0.5) is 4.39 Å². The second-order valence-electron chi connectivity index (χ2n) is 2.77. The lowest BCUT2D eigenvalue weighted by Gasteiger charge is -2.09. The van der Waals surface area contributed by atoms with Gasteiger partial charge in [-0.1, -0.05) is 12.1 Å². The molecule has 0 heterocycles. The van der Waals surface area contributed by atoms with E-state index in [0.717, 1.165) is 11.3 Å². The average molecular weight is 220 g/mol. The van der Waals surface area contributed by atoms with E-state index in [1.165, 1.54) is 0 Å². The number of hydrogen-bond donors (Lipinski definition) is 1. The number of rotatable bonds is 4. The summed E-state index contributed by atoms with van der Waals surface area (Å²) in [6, 6.07) is 6.68. The summed E-state index contributed by atoms with van der Waals surface area (Å²) in [4.78, 5) is 0. The predicted octanol–water partition coefficient (Wildman–Crippen LogP) is 2.48. The van der Waals surface area contributed by atoms with Gasteiger partial charge in [-0.05, 0) is 24.6 Å². The number of halogens is 2. The Hall–Kier alpha value is -0.800. The van der Waals surface area contributed by atoms with E-state index in [2.05, 4.69) is 0 Å². The van der Waals surface area contributed by atoms with Gasteiger partial charge in [0.1, 0.15) is 12.4 Å². The minimum Gasteiger partial charge on any atom is -0.494 e. The summed E-state index contributed by atoms with van der Waals surface area (Å²) >= 11 is 0. The van der Waals surface area contributed by atoms with Crippen LogP contribution in [0.5, 0.6) is 5.75 Å². The standard InChI is InChI=1S/C10H14FNO.ClH/c1-2-13-9-5-3-4-8(6-9)10(12)7-11;/h3-6,10H,2,7,12H2,1H3;1H/t10-;/m0./s1. The Labute approximate surface area is 89.7 Å². The normalized spacial score (nSPS) is 11.6. The number of nitrogens with two attached hydrogens (primary N) is 1. The molecule has 1 rings (SSSR count). The Bertz CT molecular complexity index is 270. The molecule has 0 bridgehead atoms. The topological polar surface area (TPSA) is 35.2 Å². The van der Waals surface area contributed by atoms with Gasteiger partial charge in [0.05, 0.1) is 12.6 Å². The molecule has 0 unspecified atom stereocenters. The second kappa shape index (κ2) is 6.62. The van der Waals surface area contributed by atoms with E-state index in [-0.39, 0.29) is 12.4 Å². The number of ether oxygens (including phenoxy) is 1. The Morgan fingerprint density at radius 1 is 1.50 bits per heavy atom. The van der Waals surface area contributed by atoms with Crippen molar-refractivity contribution in [3.8, 4) is 5.75 Å². The van der Waals surface area contributed by atoms with E-state index in [9.17, 15) is 4.39 Å². The van der Waals surface area contributed by atoms with Crippen LogP contribution in [0.25, 0.3) is 0 Å². The van der Waals surface area contributed by atoms with Crippen molar-refractivity contribution in [1.82, 2.24) is 0 Å². The summed E-state index contributed by atoms with van der Waals surface area (Å²) in [5.41, 5.74) is 6.30. The molecule has 80 valence electrons.